The van der Waals surface area contributed by atoms with Crippen molar-refractivity contribution in [2.45, 2.75) is 52.3 Å². The van der Waals surface area contributed by atoms with E-state index < -0.39 is 0 Å². The number of carbonyl (C=O) groups excluding carboxylic acids is 2. The Balaban J connectivity index is 1.73. The number of esters is 1. The Bertz CT molecular complexity index is 965. The Hall–Kier alpha value is -2.21. The van der Waals surface area contributed by atoms with E-state index in [4.69, 9.17) is 21.1 Å². The lowest BCUT2D eigenvalue weighted by atomic mass is 10.0. The number of aromatic amines is 1. The number of nitrogens with zero attached hydrogens (tertiary/aromatic N) is 3. The van der Waals surface area contributed by atoms with Crippen molar-refractivity contribution in [2.75, 3.05) is 38.3 Å². The zero-order chi connectivity index (χ0) is 24.0. The largest absolute Gasteiger partial charge is 0.462 e. The molecule has 1 saturated heterocycles. The van der Waals surface area contributed by atoms with E-state index in [2.05, 4.69) is 30.5 Å². The quantitative estimate of drug-likeness (QED) is 0.427. The van der Waals surface area contributed by atoms with Crippen molar-refractivity contribution in [3.05, 3.63) is 27.2 Å². The maximum atomic E-state index is 12.8. The minimum Gasteiger partial charge on any atom is -0.462 e. The average molecular weight is 499 g/mol. The number of rotatable bonds is 10. The maximum absolute atomic E-state index is 12.8. The summed E-state index contributed by atoms with van der Waals surface area (Å²) in [6.07, 6.45) is 1.07. The highest BCUT2D eigenvalue weighted by Crippen LogP contribution is 2.30. The third-order valence-electron chi connectivity index (χ3n) is 5.31. The Morgan fingerprint density at radius 1 is 1.27 bits per heavy atom. The van der Waals surface area contributed by atoms with Crippen LogP contribution in [-0.4, -0.2) is 72.3 Å². The van der Waals surface area contributed by atoms with Crippen LogP contribution < -0.4 is 15.5 Å². The predicted octanol–water partition coefficient (Wildman–Crippen LogP) is 2.39. The predicted molar refractivity (Wildman–Crippen MR) is 127 cm³/mol. The zero-order valence-electron chi connectivity index (χ0n) is 19.4. The van der Waals surface area contributed by atoms with Crippen molar-refractivity contribution in [3.63, 3.8) is 0 Å². The van der Waals surface area contributed by atoms with Crippen molar-refractivity contribution >= 4 is 39.9 Å². The van der Waals surface area contributed by atoms with Crippen LogP contribution in [0.2, 0.25) is 5.15 Å². The molecule has 1 aliphatic heterocycles. The number of carbonyl (C=O) groups is 2. The Labute approximate surface area is 202 Å². The van der Waals surface area contributed by atoms with Crippen molar-refractivity contribution in [2.24, 2.45) is 0 Å². The van der Waals surface area contributed by atoms with Gasteiger partial charge in [-0.15, -0.1) is 0 Å². The van der Waals surface area contributed by atoms with Crippen LogP contribution in [0.4, 0.5) is 5.13 Å². The molecule has 0 bridgehead atoms. The first-order valence-corrected chi connectivity index (χ1v) is 12.3. The Morgan fingerprint density at radius 3 is 2.70 bits per heavy atom. The summed E-state index contributed by atoms with van der Waals surface area (Å²) in [4.78, 5) is 39.5. The number of aromatic nitrogens is 3. The van der Waals surface area contributed by atoms with E-state index in [1.807, 2.05) is 20.9 Å². The highest BCUT2D eigenvalue weighted by Gasteiger charge is 2.34. The van der Waals surface area contributed by atoms with E-state index >= 15 is 0 Å². The van der Waals surface area contributed by atoms with Gasteiger partial charge in [-0.05, 0) is 33.7 Å². The standard InChI is InChI=1S/C21H31ClN6O4S/c1-5-12-17(22)27-18(24-12)19(29)25-13-8-9-28(11-15(13)31-6-2)21-26-14(10-23-4)16(33-21)20(30)32-7-3/h13,15,23H,5-11H2,1-4H3,(H,24,27)(H,25,29). The van der Waals surface area contributed by atoms with Gasteiger partial charge < -0.3 is 30.0 Å². The van der Waals surface area contributed by atoms with Gasteiger partial charge in [-0.25, -0.2) is 14.8 Å². The molecule has 3 N–H and O–H groups in total. The first-order chi connectivity index (χ1) is 15.9. The fourth-order valence-electron chi connectivity index (χ4n) is 3.72. The molecule has 1 fully saturated rings. The molecule has 0 aromatic carbocycles. The summed E-state index contributed by atoms with van der Waals surface area (Å²) in [6, 6.07) is -0.191. The Morgan fingerprint density at radius 2 is 2.06 bits per heavy atom. The van der Waals surface area contributed by atoms with Crippen LogP contribution in [0.5, 0.6) is 0 Å². The first-order valence-electron chi connectivity index (χ1n) is 11.1. The van der Waals surface area contributed by atoms with Gasteiger partial charge in [0.2, 0.25) is 0 Å². The van der Waals surface area contributed by atoms with E-state index in [1.165, 1.54) is 11.3 Å². The minimum absolute atomic E-state index is 0.191. The number of imidazole rings is 1. The van der Waals surface area contributed by atoms with Gasteiger partial charge >= 0.3 is 5.97 Å². The van der Waals surface area contributed by atoms with Crippen LogP contribution in [0, 0.1) is 0 Å². The third kappa shape index (κ3) is 6.03. The molecule has 2 atom stereocenters. The molecule has 3 heterocycles. The number of aryl methyl sites for hydroxylation is 1. The number of thiazole rings is 1. The summed E-state index contributed by atoms with van der Waals surface area (Å²) in [7, 11) is 1.81. The fraction of sp³-hybridized carbons (Fsp3) is 0.619. The van der Waals surface area contributed by atoms with Crippen LogP contribution >= 0.6 is 22.9 Å². The maximum Gasteiger partial charge on any atom is 0.350 e. The lowest BCUT2D eigenvalue weighted by molar-refractivity contribution is 0.0271. The number of anilines is 1. The number of nitrogens with one attached hydrogen (secondary N) is 3. The third-order valence-corrected chi connectivity index (χ3v) is 6.77. The molecule has 2 aromatic heterocycles. The van der Waals surface area contributed by atoms with Crippen LogP contribution in [0.1, 0.15) is 58.9 Å². The summed E-state index contributed by atoms with van der Waals surface area (Å²) >= 11 is 7.40. The normalized spacial score (nSPS) is 18.4. The van der Waals surface area contributed by atoms with E-state index in [1.54, 1.807) is 6.92 Å². The van der Waals surface area contributed by atoms with Gasteiger partial charge in [-0.3, -0.25) is 4.79 Å². The molecule has 12 heteroatoms. The van der Waals surface area contributed by atoms with Gasteiger partial charge in [-0.2, -0.15) is 0 Å². The van der Waals surface area contributed by atoms with Crippen molar-refractivity contribution in [1.82, 2.24) is 25.6 Å². The molecule has 10 nitrogen and oxygen atoms in total. The summed E-state index contributed by atoms with van der Waals surface area (Å²) in [5.74, 6) is -0.473. The zero-order valence-corrected chi connectivity index (χ0v) is 20.9. The van der Waals surface area contributed by atoms with Crippen molar-refractivity contribution in [3.8, 4) is 0 Å². The smallest absolute Gasteiger partial charge is 0.350 e. The second kappa shape index (κ2) is 11.8. The molecular weight excluding hydrogens is 468 g/mol. The molecule has 0 aliphatic carbocycles. The SMILES string of the molecule is CCOC(=O)c1sc(N2CCC(NC(=O)c3nc(Cl)c(CC)[nH]3)C(OCC)C2)nc1CNC. The number of piperidine rings is 1. The molecule has 1 amide bonds. The topological polar surface area (TPSA) is 121 Å². The molecule has 0 radical (unpaired) electrons. The molecule has 0 spiro atoms. The molecule has 182 valence electrons. The van der Waals surface area contributed by atoms with Crippen LogP contribution in [0.25, 0.3) is 0 Å². The number of hydrogen-bond acceptors (Lipinski definition) is 9. The Kier molecular flexibility index (Phi) is 9.07. The van der Waals surface area contributed by atoms with E-state index in [0.29, 0.717) is 61.4 Å². The van der Waals surface area contributed by atoms with Crippen LogP contribution in [-0.2, 0) is 22.4 Å². The summed E-state index contributed by atoms with van der Waals surface area (Å²) < 4.78 is 11.2. The molecule has 1 aliphatic rings. The van der Waals surface area contributed by atoms with Crippen LogP contribution in [0.3, 0.4) is 0 Å². The molecule has 33 heavy (non-hydrogen) atoms. The lowest BCUT2D eigenvalue weighted by Gasteiger charge is -2.38. The average Bonchev–Trinajstić information content (AvgIpc) is 3.39. The summed E-state index contributed by atoms with van der Waals surface area (Å²) in [5, 5.41) is 7.14. The molecular formula is C21H31ClN6O4S. The van der Waals surface area contributed by atoms with Gasteiger partial charge in [0, 0.05) is 26.2 Å². The molecule has 2 aromatic rings. The van der Waals surface area contributed by atoms with E-state index in [0.717, 1.165) is 10.8 Å². The summed E-state index contributed by atoms with van der Waals surface area (Å²) in [5.41, 5.74) is 1.40. The lowest BCUT2D eigenvalue weighted by Crippen LogP contribution is -2.55. The monoisotopic (exact) mass is 498 g/mol. The van der Waals surface area contributed by atoms with Gasteiger partial charge in [0.15, 0.2) is 16.1 Å². The highest BCUT2D eigenvalue weighted by atomic mass is 35.5. The van der Waals surface area contributed by atoms with Crippen LogP contribution in [0.15, 0.2) is 0 Å². The first kappa shape index (κ1) is 25.4. The van der Waals surface area contributed by atoms with Crippen molar-refractivity contribution < 1.29 is 19.1 Å². The molecule has 2 unspecified atom stereocenters. The number of hydrogen-bond donors (Lipinski definition) is 3. The number of ether oxygens (including phenoxy) is 2. The van der Waals surface area contributed by atoms with Crippen molar-refractivity contribution in [1.29, 1.82) is 0 Å². The second-order valence-corrected chi connectivity index (χ2v) is 8.88. The van der Waals surface area contributed by atoms with Gasteiger partial charge in [0.1, 0.15) is 4.88 Å². The van der Waals surface area contributed by atoms with Gasteiger partial charge in [-0.1, -0.05) is 29.9 Å². The number of halogens is 1. The second-order valence-electron chi connectivity index (χ2n) is 7.54. The van der Waals surface area contributed by atoms with E-state index in [-0.39, 0.29) is 29.8 Å². The molecule has 0 saturated carbocycles. The number of amides is 1. The van der Waals surface area contributed by atoms with E-state index in [9.17, 15) is 9.59 Å². The fourth-order valence-corrected chi connectivity index (χ4v) is 5.00. The number of H-pyrrole nitrogens is 1. The van der Waals surface area contributed by atoms with Gasteiger partial charge in [0.05, 0.1) is 30.1 Å². The molecule has 3 rings (SSSR count). The minimum atomic E-state index is -0.362. The highest BCUT2D eigenvalue weighted by molar-refractivity contribution is 7.17. The van der Waals surface area contributed by atoms with Gasteiger partial charge in [0.25, 0.3) is 5.91 Å². The summed E-state index contributed by atoms with van der Waals surface area (Å²) in [6.45, 7) is 8.12.